The summed E-state index contributed by atoms with van der Waals surface area (Å²) >= 11 is 10.1. The number of hydrogen-bond acceptors (Lipinski definition) is 8. The first-order valence-electron chi connectivity index (χ1n) is 44.3. The van der Waals surface area contributed by atoms with Gasteiger partial charge in [0.1, 0.15) is 6.29 Å². The van der Waals surface area contributed by atoms with Gasteiger partial charge in [0.15, 0.2) is 24.0 Å². The van der Waals surface area contributed by atoms with Gasteiger partial charge in [-0.25, -0.2) is 9.97 Å². The summed E-state index contributed by atoms with van der Waals surface area (Å²) in [5.41, 5.74) is 37.7. The molecule has 0 aliphatic heterocycles. The summed E-state index contributed by atoms with van der Waals surface area (Å²) in [6, 6.07) is 151. The molecule has 0 bridgehead atoms. The zero-order chi connectivity index (χ0) is 92.3. The van der Waals surface area contributed by atoms with Crippen molar-refractivity contribution in [1.29, 1.82) is 0 Å². The minimum atomic E-state index is 0. The van der Waals surface area contributed by atoms with Crippen molar-refractivity contribution in [1.82, 2.24) is 14.5 Å². The van der Waals surface area contributed by atoms with Gasteiger partial charge in [0.2, 0.25) is 12.3 Å². The average Bonchev–Trinajstić information content (AvgIpc) is 1.59. The zero-order valence-corrected chi connectivity index (χ0v) is 80.8. The molecule has 4 heterocycles. The van der Waals surface area contributed by atoms with Gasteiger partial charge in [-0.2, -0.15) is 4.57 Å². The third-order valence-electron chi connectivity index (χ3n) is 22.5. The molecule has 2 aliphatic carbocycles. The van der Waals surface area contributed by atoms with Gasteiger partial charge >= 0.3 is 0 Å². The first kappa shape index (κ1) is 102. The lowest BCUT2D eigenvalue weighted by Gasteiger charge is -2.24. The number of ketones is 3. The topological polar surface area (TPSA) is 155 Å². The normalized spacial score (nSPS) is 12.1. The highest BCUT2D eigenvalue weighted by Crippen LogP contribution is 2.38. The lowest BCUT2D eigenvalue weighted by molar-refractivity contribution is -0.683. The molecule has 4 N–H and O–H groups in total. The number of pyridine rings is 3. The Hall–Kier alpha value is -14.3. The smallest absolute Gasteiger partial charge is 0.227 e. The van der Waals surface area contributed by atoms with Crippen LogP contribution in [0.1, 0.15) is 98.2 Å². The van der Waals surface area contributed by atoms with Crippen LogP contribution in [0.5, 0.6) is 0 Å². The zero-order valence-electron chi connectivity index (χ0n) is 74.5. The molecule has 15 aromatic carbocycles. The number of nitrogens with zero attached hydrogens (tertiary/aromatic N) is 4. The molecule has 19 aromatic rings. The highest BCUT2D eigenvalue weighted by atomic mass is 79.9. The van der Waals surface area contributed by atoms with Crippen molar-refractivity contribution < 1.29 is 45.4 Å². The summed E-state index contributed by atoms with van der Waals surface area (Å²) in [7, 11) is 0. The molecule has 2 aliphatic rings. The Balaban J connectivity index is 0.000000158. The fourth-order valence-corrected chi connectivity index (χ4v) is 16.2. The number of allylic oxidation sites excluding steroid dienone is 1. The molecule has 0 amide bonds. The van der Waals surface area contributed by atoms with Crippen LogP contribution in [-0.2, 0) is 13.0 Å². The van der Waals surface area contributed by atoms with E-state index in [-0.39, 0.29) is 58.5 Å². The second-order valence-electron chi connectivity index (χ2n) is 31.8. The lowest BCUT2D eigenvalue weighted by Crippen LogP contribution is -3.00. The van der Waals surface area contributed by atoms with Gasteiger partial charge in [-0.05, 0) is 167 Å². The quantitative estimate of drug-likeness (QED) is 0.0445. The SMILES string of the molecule is Brc1ccc(-c2cc(-c3ccccc3)nc(-c3ccccc3)c2)cc1.C.CC(=O)c1ccccc1.F.N[C@@H]1CCCC[C@H]1N.O=C(/C=C/c1ccc(Br)cc1)c1ccccc1.O=C(C[n+]1ccccc1)c1ccccc1.O=Cc1ccc(Br)cc1.[Br-].c1ccc(-c2cc(-c3ccc(-n4c5ccccc5c5ccccc54)cc3)cc(-c3ccccc3)n2)cc1.c1ccc2c(c1)Cc1ccccc1-2. The van der Waals surface area contributed by atoms with Gasteiger partial charge in [0.05, 0.1) is 33.8 Å². The van der Waals surface area contributed by atoms with Crippen molar-refractivity contribution >= 4 is 99.3 Å². The van der Waals surface area contributed by atoms with Gasteiger partial charge in [-0.15, -0.1) is 0 Å². The summed E-state index contributed by atoms with van der Waals surface area (Å²) in [6.07, 6.45) is 13.9. The Bertz CT molecular complexity index is 6770. The molecule has 0 spiro atoms. The summed E-state index contributed by atoms with van der Waals surface area (Å²) in [6.45, 7) is 1.96. The molecule has 1 fully saturated rings. The Morgan fingerprint density at radius 1 is 0.368 bits per heavy atom. The van der Waals surface area contributed by atoms with Crippen LogP contribution in [0.4, 0.5) is 4.70 Å². The largest absolute Gasteiger partial charge is 1.00 e. The Morgan fingerprint density at radius 3 is 1.07 bits per heavy atom. The number of rotatable bonds is 15. The number of carbonyl (C=O) groups is 4. The second kappa shape index (κ2) is 53.0. The van der Waals surface area contributed by atoms with Crippen LogP contribution in [0.25, 0.3) is 112 Å². The van der Waals surface area contributed by atoms with Crippen molar-refractivity contribution in [2.24, 2.45) is 11.5 Å². The fraction of sp³-hybridized carbons (Fsp3) is 0.0826. The van der Waals surface area contributed by atoms with Gasteiger partial charge in [-0.1, -0.05) is 426 Å². The van der Waals surface area contributed by atoms with Crippen molar-refractivity contribution in [3.63, 3.8) is 0 Å². The minimum Gasteiger partial charge on any atom is -1.00 e. The predicted molar refractivity (Wildman–Crippen MR) is 569 cm³/mol. The molecule has 10 nitrogen and oxygen atoms in total. The molecule has 678 valence electrons. The van der Waals surface area contributed by atoms with Crippen LogP contribution >= 0.6 is 47.8 Å². The number of fused-ring (bicyclic) bond motifs is 6. The Labute approximate surface area is 832 Å². The molecule has 136 heavy (non-hydrogen) atoms. The van der Waals surface area contributed by atoms with Crippen LogP contribution < -0.4 is 33.0 Å². The Morgan fingerprint density at radius 2 is 0.691 bits per heavy atom. The highest BCUT2D eigenvalue weighted by Gasteiger charge is 2.20. The van der Waals surface area contributed by atoms with E-state index in [4.69, 9.17) is 21.4 Å². The van der Waals surface area contributed by atoms with Gasteiger partial charge in [0.25, 0.3) is 0 Å². The van der Waals surface area contributed by atoms with Gasteiger partial charge in [0, 0.05) is 98.6 Å². The Kier molecular flexibility index (Phi) is 39.8. The molecule has 0 saturated heterocycles. The number of Topliss-reactive ketones (excluding diaryl/α,β-unsaturated/α-hetero) is 2. The monoisotopic (exact) mass is 2040 g/mol. The number of aldehydes is 1. The number of para-hydroxylation sites is 2. The van der Waals surface area contributed by atoms with E-state index in [2.05, 4.69) is 295 Å². The van der Waals surface area contributed by atoms with Crippen LogP contribution in [-0.4, -0.2) is 50.3 Å². The molecular formula is C121H105Br4FN6O4. The fourth-order valence-electron chi connectivity index (χ4n) is 15.4. The van der Waals surface area contributed by atoms with E-state index < -0.39 is 0 Å². The molecule has 4 aromatic heterocycles. The van der Waals surface area contributed by atoms with Crippen molar-refractivity contribution in [3.05, 3.63) is 520 Å². The summed E-state index contributed by atoms with van der Waals surface area (Å²) in [4.78, 5) is 54.3. The molecule has 15 heteroatoms. The third-order valence-corrected chi connectivity index (χ3v) is 24.1. The van der Waals surface area contributed by atoms with E-state index in [1.165, 1.54) is 73.6 Å². The van der Waals surface area contributed by atoms with Crippen LogP contribution in [0.15, 0.2) is 481 Å². The third kappa shape index (κ3) is 29.4. The van der Waals surface area contributed by atoms with Gasteiger partial charge < -0.3 is 33.0 Å². The van der Waals surface area contributed by atoms with Crippen LogP contribution in [0.3, 0.4) is 0 Å². The van der Waals surface area contributed by atoms with Crippen LogP contribution in [0, 0.1) is 0 Å². The lowest BCUT2D eigenvalue weighted by atomic mass is 9.92. The van der Waals surface area contributed by atoms with E-state index in [0.29, 0.717) is 17.7 Å². The number of benzene rings is 15. The van der Waals surface area contributed by atoms with E-state index in [0.717, 1.165) is 112 Å². The molecule has 0 radical (unpaired) electrons. The standard InChI is InChI=1S/C35H24N2.C23H16BrN.C15H11BrO.C13H12NO.C13H10.C8H8O.C7H5BrO.C6H14N2.CH4.BrH.FH/c1-3-11-26(12-4-1)32-23-28(24-33(36-32)27-13-5-2-6-14-27)25-19-21-29(22-20-25)37-34-17-9-7-15-30(34)31-16-8-10-18-35(31)37;24-21-13-11-17(12-14-21)20-15-22(18-7-3-1-4-8-18)25-23(16-20)19-9-5-2-6-10-19;16-14-9-6-12(7-10-14)8-11-15(17)13-4-2-1-3-5-13;15-13(12-7-3-1-4-8-12)11-14-9-5-2-6-10-14;1-3-7-12-10(5-1)9-11-6-2-4-8-13(11)12;1-7(9)8-5-3-2-4-6-8;8-7-3-1-6(5-9)2-4-7;7-5-3-1-2-4-6(5)8;;;/h1-24H;1-16H;1-11H;1-10H,11H2;1-8H,9H2;2-6H,1H3;1-5H;5-6H,1-4,7-8H2;1H4;2*1H/q;;;+1;;;;;;;/p-1/b;;11-8+;;;;;;;;/t;;;;;;;5-,6-;;;/m.......1.../s1. The molecular weight excluding hydrogens is 1940 g/mol. The predicted octanol–water partition coefficient (Wildman–Crippen LogP) is 27.6. The van der Waals surface area contributed by atoms with E-state index in [1.54, 1.807) is 25.1 Å². The molecule has 2 atom stereocenters. The number of carbonyl (C=O) groups excluding carboxylic acids is 4. The van der Waals surface area contributed by atoms with E-state index >= 15 is 0 Å². The molecule has 21 rings (SSSR count). The van der Waals surface area contributed by atoms with Crippen LogP contribution in [0.2, 0.25) is 0 Å². The summed E-state index contributed by atoms with van der Waals surface area (Å²) in [5.74, 6) is 0.274. The number of nitrogens with two attached hydrogens (primary N) is 2. The molecule has 0 unspecified atom stereocenters. The highest BCUT2D eigenvalue weighted by molar-refractivity contribution is 9.11. The number of aromatic nitrogens is 4. The minimum absolute atomic E-state index is 0. The summed E-state index contributed by atoms with van der Waals surface area (Å²) in [5, 5.41) is 2.55. The average molecular weight is 2050 g/mol. The van der Waals surface area contributed by atoms with Gasteiger partial charge in [-0.3, -0.25) is 23.9 Å². The number of halogens is 5. The maximum Gasteiger partial charge on any atom is 0.227 e. The van der Waals surface area contributed by atoms with Crippen molar-refractivity contribution in [2.45, 2.75) is 65.1 Å². The second-order valence-corrected chi connectivity index (χ2v) is 34.5. The van der Waals surface area contributed by atoms with E-state index in [9.17, 15) is 19.2 Å². The molecule has 1 saturated carbocycles. The maximum absolute atomic E-state index is 11.8. The van der Waals surface area contributed by atoms with Crippen molar-refractivity contribution in [2.75, 3.05) is 0 Å². The first-order valence-corrected chi connectivity index (χ1v) is 46.6. The first-order chi connectivity index (χ1) is 65.1. The van der Waals surface area contributed by atoms with Crippen molar-refractivity contribution in [3.8, 4) is 84.1 Å². The maximum atomic E-state index is 11.8. The summed E-state index contributed by atoms with van der Waals surface area (Å²) < 4.78 is 7.33. The van der Waals surface area contributed by atoms with E-state index in [1.807, 2.05) is 217 Å². The number of hydrogen-bond donors (Lipinski definition) is 2.